The maximum atomic E-state index is 11.3. The minimum Gasteiger partial charge on any atom is -0.744 e. The van der Waals surface area contributed by atoms with E-state index in [9.17, 15) is 38.9 Å². The van der Waals surface area contributed by atoms with Crippen LogP contribution in [0.25, 0.3) is 0 Å². The number of hydrogen-bond acceptors (Lipinski definition) is 13. The van der Waals surface area contributed by atoms with Gasteiger partial charge in [-0.2, -0.15) is 10.2 Å². The van der Waals surface area contributed by atoms with Gasteiger partial charge in [0.05, 0.1) is 26.9 Å². The van der Waals surface area contributed by atoms with Crippen molar-refractivity contribution in [3.05, 3.63) is 36.4 Å². The number of nitrogens with two attached hydrogens (primary N) is 1. The zero-order valence-electron chi connectivity index (χ0n) is 13.2. The fourth-order valence-electron chi connectivity index (χ4n) is 1.83. The molecule has 16 heteroatoms. The summed E-state index contributed by atoms with van der Waals surface area (Å²) in [6.45, 7) is 0. The Bertz CT molecular complexity index is 1250. The highest BCUT2D eigenvalue weighted by Gasteiger charge is 2.16. The minimum absolute atomic E-state index is 0.00895. The monoisotopic (exact) mass is 450 g/mol. The summed E-state index contributed by atoms with van der Waals surface area (Å²) in [5, 5.41) is 7.13. The Hall–Kier alpha value is -2.63. The molecule has 0 unspecified atom stereocenters. The highest BCUT2D eigenvalue weighted by Crippen LogP contribution is 2.35. The van der Waals surface area contributed by atoms with Crippen molar-refractivity contribution < 1.29 is 43.1 Å². The highest BCUT2D eigenvalue weighted by atomic mass is 32.3. The molecule has 0 saturated heterocycles. The van der Waals surface area contributed by atoms with Crippen LogP contribution < -0.4 is 9.92 Å². The van der Waals surface area contributed by atoms with E-state index in [1.165, 1.54) is 0 Å². The summed E-state index contributed by atoms with van der Waals surface area (Å²) in [6.07, 6.45) is 0. The third-order valence-corrected chi connectivity index (χ3v) is 5.07. The lowest BCUT2D eigenvalue weighted by Crippen LogP contribution is -2.11. The first kappa shape index (κ1) is 21.7. The molecule has 0 aliphatic carbocycles. The predicted molar refractivity (Wildman–Crippen MR) is 87.7 cm³/mol. The average molecular weight is 450 g/mol. The molecular weight excluding hydrogens is 442 g/mol. The fraction of sp³-hybridized carbons (Fsp3) is 0. The van der Waals surface area contributed by atoms with E-state index in [1.54, 1.807) is 0 Å². The molecule has 0 heterocycles. The molecule has 0 bridgehead atoms. The van der Waals surface area contributed by atoms with Crippen LogP contribution in [-0.2, 0) is 30.6 Å². The SMILES string of the molecule is Nc1c(OS(=O)(=O)[O-])cc(N=Nc2ccc(S(=O)(=O)[O-])cc2)cc1S(=O)(=O)[O-]. The van der Waals surface area contributed by atoms with Crippen molar-refractivity contribution in [2.45, 2.75) is 9.79 Å². The number of nitrogens with zero attached hydrogens (tertiary/aromatic N) is 2. The summed E-state index contributed by atoms with van der Waals surface area (Å²) in [6, 6.07) is 5.45. The van der Waals surface area contributed by atoms with Crippen molar-refractivity contribution in [1.82, 2.24) is 0 Å². The van der Waals surface area contributed by atoms with Gasteiger partial charge in [-0.3, -0.25) is 0 Å². The number of anilines is 1. The molecule has 2 aromatic carbocycles. The van der Waals surface area contributed by atoms with Crippen molar-refractivity contribution in [3.63, 3.8) is 0 Å². The molecule has 13 nitrogen and oxygen atoms in total. The summed E-state index contributed by atoms with van der Waals surface area (Å²) >= 11 is 0. The number of nitrogen functional groups attached to an aromatic ring is 1. The van der Waals surface area contributed by atoms with Gasteiger partial charge in [0.25, 0.3) is 10.4 Å². The van der Waals surface area contributed by atoms with Gasteiger partial charge in [-0.05, 0) is 30.3 Å². The van der Waals surface area contributed by atoms with Crippen LogP contribution in [0.15, 0.2) is 56.4 Å². The number of azo groups is 1. The summed E-state index contributed by atoms with van der Waals surface area (Å²) in [5.74, 6) is -0.950. The third kappa shape index (κ3) is 5.68. The van der Waals surface area contributed by atoms with E-state index in [4.69, 9.17) is 5.73 Å². The summed E-state index contributed by atoms with van der Waals surface area (Å²) < 4.78 is 102. The lowest BCUT2D eigenvalue weighted by Gasteiger charge is -2.16. The normalized spacial score (nSPS) is 13.0. The number of hydrogen-bond donors (Lipinski definition) is 1. The first-order valence-corrected chi connectivity index (χ1v) is 10.8. The van der Waals surface area contributed by atoms with Gasteiger partial charge in [0.15, 0.2) is 5.75 Å². The van der Waals surface area contributed by atoms with Crippen molar-refractivity contribution >= 4 is 47.7 Å². The number of rotatable bonds is 6. The van der Waals surface area contributed by atoms with Crippen LogP contribution in [0.2, 0.25) is 0 Å². The van der Waals surface area contributed by atoms with Crippen molar-refractivity contribution in [3.8, 4) is 5.75 Å². The molecule has 2 N–H and O–H groups in total. The van der Waals surface area contributed by atoms with Gasteiger partial charge in [-0.1, -0.05) is 0 Å². The second kappa shape index (κ2) is 7.41. The zero-order valence-corrected chi connectivity index (χ0v) is 15.7. The van der Waals surface area contributed by atoms with E-state index in [0.29, 0.717) is 6.07 Å². The summed E-state index contributed by atoms with van der Waals surface area (Å²) in [7, 11) is -15.2. The van der Waals surface area contributed by atoms with E-state index in [2.05, 4.69) is 14.4 Å². The standard InChI is InChI=1S/C12H11N3O10S3/c13-12-10(25-28(22,23)24)5-8(6-11(12)27(19,20)21)15-14-7-1-3-9(4-2-7)26(16,17)18/h1-6H,13H2,(H,16,17,18)(H,19,20,21)(H,22,23,24)/p-3. The topological polar surface area (TPSA) is 232 Å². The van der Waals surface area contributed by atoms with E-state index in [0.717, 1.165) is 30.3 Å². The Kier molecular flexibility index (Phi) is 5.74. The van der Waals surface area contributed by atoms with Gasteiger partial charge >= 0.3 is 0 Å². The van der Waals surface area contributed by atoms with Crippen LogP contribution in [0.5, 0.6) is 5.75 Å². The second-order valence-electron chi connectivity index (χ2n) is 4.95. The minimum atomic E-state index is -5.35. The molecule has 0 fully saturated rings. The average Bonchev–Trinajstić information content (AvgIpc) is 2.52. The Morgan fingerprint density at radius 3 is 1.79 bits per heavy atom. The van der Waals surface area contributed by atoms with E-state index in [-0.39, 0.29) is 5.69 Å². The van der Waals surface area contributed by atoms with E-state index < -0.39 is 57.6 Å². The van der Waals surface area contributed by atoms with Crippen molar-refractivity contribution in [1.29, 1.82) is 0 Å². The molecule has 2 rings (SSSR count). The van der Waals surface area contributed by atoms with Crippen LogP contribution in [0, 0.1) is 0 Å². The Morgan fingerprint density at radius 2 is 1.32 bits per heavy atom. The third-order valence-electron chi connectivity index (χ3n) is 2.96. The van der Waals surface area contributed by atoms with Gasteiger partial charge in [0, 0.05) is 6.07 Å². The van der Waals surface area contributed by atoms with Crippen LogP contribution in [0.4, 0.5) is 17.1 Å². The van der Waals surface area contributed by atoms with Gasteiger partial charge in [0.2, 0.25) is 0 Å². The Labute approximate surface area is 158 Å². The van der Waals surface area contributed by atoms with Crippen LogP contribution >= 0.6 is 0 Å². The molecule has 0 spiro atoms. The molecule has 152 valence electrons. The molecule has 0 aliphatic heterocycles. The predicted octanol–water partition coefficient (Wildman–Crippen LogP) is 0.331. The molecule has 0 aliphatic rings. The molecule has 0 saturated carbocycles. The first-order valence-electron chi connectivity index (χ1n) is 6.69. The molecule has 2 aromatic rings. The molecule has 0 atom stereocenters. The molecule has 0 aromatic heterocycles. The van der Waals surface area contributed by atoms with Gasteiger partial charge in [-0.25, -0.2) is 25.3 Å². The Balaban J connectivity index is 2.50. The molecule has 28 heavy (non-hydrogen) atoms. The highest BCUT2D eigenvalue weighted by molar-refractivity contribution is 7.86. The van der Waals surface area contributed by atoms with Crippen molar-refractivity contribution in [2.24, 2.45) is 10.2 Å². The second-order valence-corrected chi connectivity index (χ2v) is 8.66. The maximum Gasteiger partial charge on any atom is 0.262 e. The van der Waals surface area contributed by atoms with E-state index >= 15 is 0 Å². The Morgan fingerprint density at radius 1 is 0.786 bits per heavy atom. The van der Waals surface area contributed by atoms with Crippen LogP contribution in [0.1, 0.15) is 0 Å². The summed E-state index contributed by atoms with van der Waals surface area (Å²) in [4.78, 5) is -1.63. The van der Waals surface area contributed by atoms with Gasteiger partial charge in [0.1, 0.15) is 20.2 Å². The lowest BCUT2D eigenvalue weighted by atomic mass is 10.2. The zero-order chi connectivity index (χ0) is 21.3. The summed E-state index contributed by atoms with van der Waals surface area (Å²) in [5.41, 5.74) is 4.01. The lowest BCUT2D eigenvalue weighted by molar-refractivity contribution is 0.372. The molecular formula is C12H8N3O10S3-3. The van der Waals surface area contributed by atoms with Gasteiger partial charge < -0.3 is 23.6 Å². The molecule has 0 amide bonds. The van der Waals surface area contributed by atoms with Gasteiger partial charge in [-0.15, -0.1) is 0 Å². The maximum absolute atomic E-state index is 11.3. The smallest absolute Gasteiger partial charge is 0.262 e. The molecule has 0 radical (unpaired) electrons. The fourth-order valence-corrected chi connectivity index (χ4v) is 3.29. The first-order chi connectivity index (χ1) is 12.7. The largest absolute Gasteiger partial charge is 0.744 e. The van der Waals surface area contributed by atoms with Crippen LogP contribution in [0.3, 0.4) is 0 Å². The quantitative estimate of drug-likeness (QED) is 0.272. The van der Waals surface area contributed by atoms with Crippen molar-refractivity contribution in [2.75, 3.05) is 5.73 Å². The van der Waals surface area contributed by atoms with E-state index in [1.807, 2.05) is 0 Å². The number of benzene rings is 2. The van der Waals surface area contributed by atoms with Crippen LogP contribution in [-0.4, -0.2) is 38.9 Å².